The van der Waals surface area contributed by atoms with E-state index in [-0.39, 0.29) is 5.91 Å². The number of fused-ring (bicyclic) bond motifs is 1. The number of hydrogen-bond acceptors (Lipinski definition) is 3. The van der Waals surface area contributed by atoms with Gasteiger partial charge >= 0.3 is 0 Å². The second-order valence-electron chi connectivity index (χ2n) is 5.49. The van der Waals surface area contributed by atoms with Crippen molar-refractivity contribution in [3.63, 3.8) is 0 Å². The maximum atomic E-state index is 12.3. The van der Waals surface area contributed by atoms with E-state index in [4.69, 9.17) is 0 Å². The van der Waals surface area contributed by atoms with Gasteiger partial charge in [0.15, 0.2) is 5.16 Å². The van der Waals surface area contributed by atoms with Gasteiger partial charge in [0, 0.05) is 39.8 Å². The van der Waals surface area contributed by atoms with Crippen molar-refractivity contribution in [2.45, 2.75) is 11.7 Å². The van der Waals surface area contributed by atoms with Crippen LogP contribution in [0.5, 0.6) is 0 Å². The van der Waals surface area contributed by atoms with Gasteiger partial charge < -0.3 is 9.88 Å². The van der Waals surface area contributed by atoms with Crippen LogP contribution in [-0.4, -0.2) is 21.2 Å². The number of anilines is 1. The van der Waals surface area contributed by atoms with Crippen molar-refractivity contribution >= 4 is 39.3 Å². The molecule has 24 heavy (non-hydrogen) atoms. The molecule has 1 aliphatic rings. The first-order valence-corrected chi connectivity index (χ1v) is 9.34. The molecule has 0 saturated carbocycles. The third-order valence-corrected chi connectivity index (χ3v) is 5.33. The standard InChI is InChI=1S/C18H14BrN3OS/c19-14-6-4-12(5-7-14)17(23)20-15-3-1-2-13(10-15)16-11-22-8-9-24-18(22)21-16/h1-7,10-11H,8-9H2,(H,20,23). The highest BCUT2D eigenvalue weighted by atomic mass is 79.9. The van der Waals surface area contributed by atoms with Crippen LogP contribution in [0.25, 0.3) is 11.3 Å². The monoisotopic (exact) mass is 399 g/mol. The Morgan fingerprint density at radius 1 is 1.21 bits per heavy atom. The molecule has 0 spiro atoms. The van der Waals surface area contributed by atoms with E-state index in [1.807, 2.05) is 36.4 Å². The molecule has 1 aromatic heterocycles. The number of rotatable bonds is 3. The minimum Gasteiger partial charge on any atom is -0.325 e. The summed E-state index contributed by atoms with van der Waals surface area (Å²) >= 11 is 5.15. The van der Waals surface area contributed by atoms with Gasteiger partial charge in [0.25, 0.3) is 5.91 Å². The molecular formula is C18H14BrN3OS. The van der Waals surface area contributed by atoms with Crippen LogP contribution >= 0.6 is 27.7 Å². The molecule has 4 rings (SSSR count). The molecule has 0 saturated heterocycles. The van der Waals surface area contributed by atoms with Crippen LogP contribution in [0.1, 0.15) is 10.4 Å². The summed E-state index contributed by atoms with van der Waals surface area (Å²) in [6.07, 6.45) is 2.07. The third-order valence-electron chi connectivity index (χ3n) is 3.83. The SMILES string of the molecule is O=C(Nc1cccc(-c2cn3c(n2)SCC3)c1)c1ccc(Br)cc1. The molecule has 2 aromatic carbocycles. The van der Waals surface area contributed by atoms with Crippen LogP contribution in [0, 0.1) is 0 Å². The fourth-order valence-corrected chi connectivity index (χ4v) is 3.82. The Morgan fingerprint density at radius 3 is 2.83 bits per heavy atom. The molecular weight excluding hydrogens is 386 g/mol. The normalized spacial score (nSPS) is 12.9. The Kier molecular flexibility index (Phi) is 4.16. The van der Waals surface area contributed by atoms with E-state index in [9.17, 15) is 4.79 Å². The predicted molar refractivity (Wildman–Crippen MR) is 100 cm³/mol. The van der Waals surface area contributed by atoms with Gasteiger partial charge in [0.2, 0.25) is 0 Å². The average molecular weight is 400 g/mol. The highest BCUT2D eigenvalue weighted by Crippen LogP contribution is 2.30. The molecule has 1 amide bonds. The Balaban J connectivity index is 1.56. The molecule has 0 aliphatic carbocycles. The fraction of sp³-hybridized carbons (Fsp3) is 0.111. The topological polar surface area (TPSA) is 46.9 Å². The first kappa shape index (κ1) is 15.5. The maximum Gasteiger partial charge on any atom is 0.255 e. The molecule has 1 aliphatic heterocycles. The zero-order valence-electron chi connectivity index (χ0n) is 12.7. The van der Waals surface area contributed by atoms with Gasteiger partial charge in [-0.15, -0.1) is 0 Å². The molecule has 120 valence electrons. The summed E-state index contributed by atoms with van der Waals surface area (Å²) in [5.41, 5.74) is 3.34. The molecule has 6 heteroatoms. The molecule has 0 fully saturated rings. The average Bonchev–Trinajstić information content (AvgIpc) is 3.17. The quantitative estimate of drug-likeness (QED) is 0.695. The van der Waals surface area contributed by atoms with Gasteiger partial charge in [-0.3, -0.25) is 4.79 Å². The zero-order chi connectivity index (χ0) is 16.5. The van der Waals surface area contributed by atoms with Crippen LogP contribution in [-0.2, 0) is 6.54 Å². The number of carbonyl (C=O) groups is 1. The molecule has 0 atom stereocenters. The summed E-state index contributed by atoms with van der Waals surface area (Å²) in [6, 6.07) is 15.1. The van der Waals surface area contributed by atoms with Crippen molar-refractivity contribution in [1.82, 2.24) is 9.55 Å². The second kappa shape index (κ2) is 6.45. The number of amides is 1. The number of imidazole rings is 1. The number of halogens is 1. The van der Waals surface area contributed by atoms with E-state index >= 15 is 0 Å². The van der Waals surface area contributed by atoms with E-state index in [2.05, 4.69) is 37.0 Å². The smallest absolute Gasteiger partial charge is 0.255 e. The number of nitrogens with zero attached hydrogens (tertiary/aromatic N) is 2. The third kappa shape index (κ3) is 3.12. The number of benzene rings is 2. The summed E-state index contributed by atoms with van der Waals surface area (Å²) in [5, 5.41) is 4.01. The van der Waals surface area contributed by atoms with Gasteiger partial charge in [-0.05, 0) is 36.4 Å². The fourth-order valence-electron chi connectivity index (χ4n) is 2.61. The Hall–Kier alpha value is -2.05. The first-order valence-electron chi connectivity index (χ1n) is 7.56. The van der Waals surface area contributed by atoms with Gasteiger partial charge in [-0.1, -0.05) is 39.8 Å². The predicted octanol–water partition coefficient (Wildman–Crippen LogP) is 4.67. The lowest BCUT2D eigenvalue weighted by Gasteiger charge is -2.07. The lowest BCUT2D eigenvalue weighted by molar-refractivity contribution is 0.102. The summed E-state index contributed by atoms with van der Waals surface area (Å²) < 4.78 is 3.12. The lowest BCUT2D eigenvalue weighted by Crippen LogP contribution is -2.11. The number of carbonyl (C=O) groups excluding carboxylic acids is 1. The summed E-state index contributed by atoms with van der Waals surface area (Å²) in [7, 11) is 0. The number of thioether (sulfide) groups is 1. The van der Waals surface area contributed by atoms with Crippen molar-refractivity contribution in [3.8, 4) is 11.3 Å². The van der Waals surface area contributed by atoms with Gasteiger partial charge in [0.1, 0.15) is 0 Å². The Morgan fingerprint density at radius 2 is 2.04 bits per heavy atom. The van der Waals surface area contributed by atoms with Gasteiger partial charge in [-0.2, -0.15) is 0 Å². The lowest BCUT2D eigenvalue weighted by atomic mass is 10.1. The molecule has 3 aromatic rings. The van der Waals surface area contributed by atoms with Crippen molar-refractivity contribution in [1.29, 1.82) is 0 Å². The van der Waals surface area contributed by atoms with Gasteiger partial charge in [0.05, 0.1) is 5.69 Å². The van der Waals surface area contributed by atoms with Crippen LogP contribution in [0.2, 0.25) is 0 Å². The number of hydrogen-bond donors (Lipinski definition) is 1. The molecule has 0 unspecified atom stereocenters. The maximum absolute atomic E-state index is 12.3. The number of aryl methyl sites for hydroxylation is 1. The second-order valence-corrected chi connectivity index (χ2v) is 7.47. The van der Waals surface area contributed by atoms with E-state index in [0.717, 1.165) is 38.9 Å². The number of aromatic nitrogens is 2. The van der Waals surface area contributed by atoms with E-state index in [1.165, 1.54) is 0 Å². The summed E-state index contributed by atoms with van der Waals surface area (Å²) in [5.74, 6) is 0.967. The largest absolute Gasteiger partial charge is 0.325 e. The summed E-state index contributed by atoms with van der Waals surface area (Å²) in [6.45, 7) is 1.01. The minimum absolute atomic E-state index is 0.123. The highest BCUT2D eigenvalue weighted by molar-refractivity contribution is 9.10. The van der Waals surface area contributed by atoms with Crippen molar-refractivity contribution in [2.24, 2.45) is 0 Å². The molecule has 1 N–H and O–H groups in total. The Labute approximate surface area is 152 Å². The van der Waals surface area contributed by atoms with Crippen LogP contribution in [0.3, 0.4) is 0 Å². The summed E-state index contributed by atoms with van der Waals surface area (Å²) in [4.78, 5) is 17.0. The molecule has 0 bridgehead atoms. The van der Waals surface area contributed by atoms with Crippen LogP contribution in [0.15, 0.2) is 64.4 Å². The van der Waals surface area contributed by atoms with Crippen molar-refractivity contribution < 1.29 is 4.79 Å². The van der Waals surface area contributed by atoms with Crippen molar-refractivity contribution in [2.75, 3.05) is 11.1 Å². The number of nitrogens with one attached hydrogen (secondary N) is 1. The van der Waals surface area contributed by atoms with E-state index in [1.54, 1.807) is 23.9 Å². The molecule has 2 heterocycles. The van der Waals surface area contributed by atoms with E-state index in [0.29, 0.717) is 5.56 Å². The molecule has 4 nitrogen and oxygen atoms in total. The van der Waals surface area contributed by atoms with Gasteiger partial charge in [-0.25, -0.2) is 4.98 Å². The minimum atomic E-state index is -0.123. The van der Waals surface area contributed by atoms with Crippen molar-refractivity contribution in [3.05, 3.63) is 64.8 Å². The highest BCUT2D eigenvalue weighted by Gasteiger charge is 2.15. The van der Waals surface area contributed by atoms with E-state index < -0.39 is 0 Å². The first-order chi connectivity index (χ1) is 11.7. The molecule has 0 radical (unpaired) electrons. The van der Waals surface area contributed by atoms with Crippen LogP contribution in [0.4, 0.5) is 5.69 Å². The zero-order valence-corrected chi connectivity index (χ0v) is 15.1. The Bertz CT molecular complexity index is 883. The van der Waals surface area contributed by atoms with Crippen LogP contribution < -0.4 is 5.32 Å².